The minimum Gasteiger partial charge on any atom is -0.368 e. The Balaban J connectivity index is 1.45. The Labute approximate surface area is 185 Å². The molecule has 32 heavy (non-hydrogen) atoms. The number of carbonyl (C=O) groups is 1. The van der Waals surface area contributed by atoms with Crippen LogP contribution < -0.4 is 4.90 Å². The highest BCUT2D eigenvalue weighted by Gasteiger charge is 2.33. The summed E-state index contributed by atoms with van der Waals surface area (Å²) in [7, 11) is -1.99. The fourth-order valence-electron chi connectivity index (χ4n) is 4.17. The van der Waals surface area contributed by atoms with Crippen LogP contribution in [0.4, 0.5) is 18.9 Å². The van der Waals surface area contributed by atoms with Crippen LogP contribution in [-0.4, -0.2) is 67.4 Å². The predicted molar refractivity (Wildman–Crippen MR) is 113 cm³/mol. The van der Waals surface area contributed by atoms with E-state index in [2.05, 4.69) is 0 Å². The number of nitrogens with zero attached hydrogens (tertiary/aromatic N) is 4. The number of hydrogen-bond donors (Lipinski definition) is 0. The molecule has 2 aromatic rings. The topological polar surface area (TPSA) is 65.9 Å². The lowest BCUT2D eigenvalue weighted by molar-refractivity contribution is -0.137. The zero-order valence-corrected chi connectivity index (χ0v) is 18.5. The summed E-state index contributed by atoms with van der Waals surface area (Å²) in [6.45, 7) is 2.39. The van der Waals surface area contributed by atoms with Crippen molar-refractivity contribution < 1.29 is 26.4 Å². The molecular weight excluding hydrogens is 445 g/mol. The standard InChI is InChI=1S/C21H25F3N4O3S/c1-25-15-18(32(30,31)28-7-2-3-8-28)14-19(25)20(29)27-11-9-26(10-12-27)17-6-4-5-16(13-17)21(22,23)24/h4-6,13-15H,2-3,7-12H2,1H3. The van der Waals surface area contributed by atoms with E-state index < -0.39 is 21.8 Å². The average molecular weight is 471 g/mol. The molecule has 4 rings (SSSR count). The number of piperazine rings is 1. The normalized spacial score (nSPS) is 18.4. The van der Waals surface area contributed by atoms with Crippen molar-refractivity contribution in [3.05, 3.63) is 47.8 Å². The van der Waals surface area contributed by atoms with Crippen LogP contribution in [0.5, 0.6) is 0 Å². The van der Waals surface area contributed by atoms with Gasteiger partial charge in [-0.15, -0.1) is 0 Å². The van der Waals surface area contributed by atoms with Crippen LogP contribution in [0.1, 0.15) is 28.9 Å². The van der Waals surface area contributed by atoms with E-state index in [-0.39, 0.29) is 16.5 Å². The number of halogens is 3. The Kier molecular flexibility index (Phi) is 5.97. The lowest BCUT2D eigenvalue weighted by Gasteiger charge is -2.36. The molecule has 3 heterocycles. The maximum Gasteiger partial charge on any atom is 0.416 e. The van der Waals surface area contributed by atoms with Crippen LogP contribution in [0.15, 0.2) is 41.4 Å². The van der Waals surface area contributed by atoms with Gasteiger partial charge in [0.05, 0.1) is 5.56 Å². The summed E-state index contributed by atoms with van der Waals surface area (Å²) in [5.74, 6) is -0.293. The van der Waals surface area contributed by atoms with Crippen LogP contribution in [0.25, 0.3) is 0 Å². The molecule has 7 nitrogen and oxygen atoms in total. The van der Waals surface area contributed by atoms with Gasteiger partial charge >= 0.3 is 6.18 Å². The number of aryl methyl sites for hydroxylation is 1. The highest BCUT2D eigenvalue weighted by molar-refractivity contribution is 7.89. The van der Waals surface area contributed by atoms with Crippen molar-refractivity contribution in [1.29, 1.82) is 0 Å². The van der Waals surface area contributed by atoms with Crippen molar-refractivity contribution in [2.75, 3.05) is 44.2 Å². The molecule has 2 aliphatic rings. The fraction of sp³-hybridized carbons (Fsp3) is 0.476. The van der Waals surface area contributed by atoms with E-state index >= 15 is 0 Å². The molecule has 0 bridgehead atoms. The van der Waals surface area contributed by atoms with E-state index in [1.165, 1.54) is 27.2 Å². The maximum absolute atomic E-state index is 13.0. The Morgan fingerprint density at radius 3 is 2.25 bits per heavy atom. The molecule has 0 unspecified atom stereocenters. The zero-order valence-electron chi connectivity index (χ0n) is 17.7. The van der Waals surface area contributed by atoms with Crippen molar-refractivity contribution >= 4 is 21.6 Å². The van der Waals surface area contributed by atoms with Crippen molar-refractivity contribution in [3.8, 4) is 0 Å². The van der Waals surface area contributed by atoms with Gasteiger partial charge in [-0.3, -0.25) is 4.79 Å². The van der Waals surface area contributed by atoms with Gasteiger partial charge in [0.25, 0.3) is 5.91 Å². The van der Waals surface area contributed by atoms with Crippen LogP contribution in [0, 0.1) is 0 Å². The first-order valence-electron chi connectivity index (χ1n) is 10.5. The SMILES string of the molecule is Cn1cc(S(=O)(=O)N2CCCC2)cc1C(=O)N1CCN(c2cccc(C(F)(F)F)c2)CC1. The molecule has 2 aliphatic heterocycles. The number of anilines is 1. The van der Waals surface area contributed by atoms with E-state index in [0.29, 0.717) is 45.0 Å². The van der Waals surface area contributed by atoms with Crippen molar-refractivity contribution in [2.24, 2.45) is 7.05 Å². The predicted octanol–water partition coefficient (Wildman–Crippen LogP) is 2.79. The first-order chi connectivity index (χ1) is 15.1. The lowest BCUT2D eigenvalue weighted by Crippen LogP contribution is -2.49. The van der Waals surface area contributed by atoms with Crippen LogP contribution in [0.2, 0.25) is 0 Å². The van der Waals surface area contributed by atoms with Gasteiger partial charge in [0.2, 0.25) is 10.0 Å². The van der Waals surface area contributed by atoms with E-state index in [0.717, 1.165) is 25.0 Å². The van der Waals surface area contributed by atoms with Crippen LogP contribution >= 0.6 is 0 Å². The van der Waals surface area contributed by atoms with Crippen molar-refractivity contribution in [2.45, 2.75) is 23.9 Å². The number of sulfonamides is 1. The Morgan fingerprint density at radius 2 is 1.62 bits per heavy atom. The second kappa shape index (κ2) is 8.43. The van der Waals surface area contributed by atoms with Crippen LogP contribution in [-0.2, 0) is 23.2 Å². The summed E-state index contributed by atoms with van der Waals surface area (Å²) >= 11 is 0. The van der Waals surface area contributed by atoms with E-state index in [1.54, 1.807) is 18.0 Å². The Morgan fingerprint density at radius 1 is 0.969 bits per heavy atom. The van der Waals surface area contributed by atoms with Crippen molar-refractivity contribution in [1.82, 2.24) is 13.8 Å². The molecular formula is C21H25F3N4O3S. The second-order valence-corrected chi connectivity index (χ2v) is 10.0. The average Bonchev–Trinajstić information content (AvgIpc) is 3.44. The monoisotopic (exact) mass is 470 g/mol. The smallest absolute Gasteiger partial charge is 0.368 e. The number of aromatic nitrogens is 1. The number of amides is 1. The van der Waals surface area contributed by atoms with E-state index in [4.69, 9.17) is 0 Å². The maximum atomic E-state index is 13.0. The van der Waals surface area contributed by atoms with Crippen LogP contribution in [0.3, 0.4) is 0 Å². The summed E-state index contributed by atoms with van der Waals surface area (Å²) in [5.41, 5.74) is 0.0316. The summed E-state index contributed by atoms with van der Waals surface area (Å²) in [4.78, 5) is 16.6. The molecule has 1 aromatic heterocycles. The van der Waals surface area contributed by atoms with Gasteiger partial charge in [-0.25, -0.2) is 8.42 Å². The molecule has 1 aromatic carbocycles. The lowest BCUT2D eigenvalue weighted by atomic mass is 10.1. The van der Waals surface area contributed by atoms with Gasteiger partial charge < -0.3 is 14.4 Å². The third-order valence-corrected chi connectivity index (χ3v) is 7.87. The summed E-state index contributed by atoms with van der Waals surface area (Å²) in [6.07, 6.45) is -1.30. The fourth-order valence-corrected chi connectivity index (χ4v) is 5.76. The first-order valence-corrected chi connectivity index (χ1v) is 11.9. The Hall–Kier alpha value is -2.53. The highest BCUT2D eigenvalue weighted by Crippen LogP contribution is 2.32. The van der Waals surface area contributed by atoms with E-state index in [1.807, 2.05) is 4.90 Å². The molecule has 0 spiro atoms. The number of rotatable bonds is 4. The molecule has 0 radical (unpaired) electrons. The molecule has 0 N–H and O–H groups in total. The molecule has 2 saturated heterocycles. The number of alkyl halides is 3. The third kappa shape index (κ3) is 4.36. The minimum atomic E-state index is -4.41. The number of carbonyl (C=O) groups excluding carboxylic acids is 1. The molecule has 0 saturated carbocycles. The largest absolute Gasteiger partial charge is 0.416 e. The minimum absolute atomic E-state index is 0.104. The number of benzene rings is 1. The molecule has 174 valence electrons. The molecule has 2 fully saturated rings. The quantitative estimate of drug-likeness (QED) is 0.690. The Bertz CT molecular complexity index is 1100. The molecule has 1 amide bonds. The van der Waals surface area contributed by atoms with Gasteiger partial charge in [0.1, 0.15) is 10.6 Å². The third-order valence-electron chi connectivity index (χ3n) is 6.01. The van der Waals surface area contributed by atoms with E-state index in [9.17, 15) is 26.4 Å². The van der Waals surface area contributed by atoms with Gasteiger partial charge in [-0.05, 0) is 37.1 Å². The van der Waals surface area contributed by atoms with Gasteiger partial charge in [0, 0.05) is 58.2 Å². The van der Waals surface area contributed by atoms with Gasteiger partial charge in [0.15, 0.2) is 0 Å². The molecule has 11 heteroatoms. The van der Waals surface area contributed by atoms with Gasteiger partial charge in [-0.1, -0.05) is 6.07 Å². The molecule has 0 atom stereocenters. The second-order valence-electron chi connectivity index (χ2n) is 8.11. The summed E-state index contributed by atoms with van der Waals surface area (Å²) in [5, 5.41) is 0. The van der Waals surface area contributed by atoms with Gasteiger partial charge in [-0.2, -0.15) is 17.5 Å². The summed E-state index contributed by atoms with van der Waals surface area (Å²) < 4.78 is 67.5. The summed E-state index contributed by atoms with van der Waals surface area (Å²) in [6, 6.07) is 6.56. The highest BCUT2D eigenvalue weighted by atomic mass is 32.2. The zero-order chi connectivity index (χ0) is 23.1. The number of hydrogen-bond acceptors (Lipinski definition) is 4. The molecule has 0 aliphatic carbocycles. The van der Waals surface area contributed by atoms with Crippen molar-refractivity contribution in [3.63, 3.8) is 0 Å². The first kappa shape index (κ1) is 22.7.